The van der Waals surface area contributed by atoms with Crippen molar-refractivity contribution in [2.45, 2.75) is 0 Å². The molecule has 0 spiro atoms. The van der Waals surface area contributed by atoms with E-state index in [0.29, 0.717) is 10.6 Å². The number of rotatable bonds is 3. The summed E-state index contributed by atoms with van der Waals surface area (Å²) >= 11 is 4.87. The van der Waals surface area contributed by atoms with Gasteiger partial charge in [0.1, 0.15) is 4.99 Å². The molecule has 2 rings (SSSR count). The summed E-state index contributed by atoms with van der Waals surface area (Å²) in [5, 5.41) is 0. The van der Waals surface area contributed by atoms with Gasteiger partial charge in [0.25, 0.3) is 5.91 Å². The molecule has 0 bridgehead atoms. The number of nitrogens with two attached hydrogens (primary N) is 1. The van der Waals surface area contributed by atoms with E-state index in [4.69, 9.17) is 18.0 Å². The van der Waals surface area contributed by atoms with Crippen LogP contribution in [0.4, 0.5) is 5.69 Å². The highest BCUT2D eigenvalue weighted by Gasteiger charge is 2.13. The van der Waals surface area contributed by atoms with Crippen LogP contribution < -0.4 is 10.6 Å². The summed E-state index contributed by atoms with van der Waals surface area (Å²) in [6.45, 7) is 0. The molecule has 0 saturated carbocycles. The van der Waals surface area contributed by atoms with Gasteiger partial charge in [0.2, 0.25) is 0 Å². The molecular weight excluding hydrogens is 258 g/mol. The van der Waals surface area contributed by atoms with E-state index in [9.17, 15) is 4.79 Å². The first-order valence-corrected chi connectivity index (χ1v) is 6.08. The van der Waals surface area contributed by atoms with Crippen molar-refractivity contribution in [2.75, 3.05) is 11.9 Å². The average Bonchev–Trinajstić information content (AvgIpc) is 2.46. The van der Waals surface area contributed by atoms with Crippen LogP contribution >= 0.6 is 12.2 Å². The monoisotopic (exact) mass is 271 g/mol. The Kier molecular flexibility index (Phi) is 3.87. The summed E-state index contributed by atoms with van der Waals surface area (Å²) in [7, 11) is 1.71. The Morgan fingerprint density at radius 3 is 2.37 bits per heavy atom. The van der Waals surface area contributed by atoms with E-state index in [0.717, 1.165) is 11.3 Å². The Hall–Kier alpha value is -2.27. The first-order valence-electron chi connectivity index (χ1n) is 5.67. The van der Waals surface area contributed by atoms with Gasteiger partial charge in [-0.25, -0.2) is 0 Å². The average molecular weight is 271 g/mol. The number of pyridine rings is 1. The molecule has 0 fully saturated rings. The summed E-state index contributed by atoms with van der Waals surface area (Å²) in [5.41, 5.74) is 7.58. The molecule has 0 atom stereocenters. The number of hydrogen-bond donors (Lipinski definition) is 1. The smallest absolute Gasteiger partial charge is 0.258 e. The van der Waals surface area contributed by atoms with Crippen LogP contribution in [0.5, 0.6) is 0 Å². The van der Waals surface area contributed by atoms with Crippen LogP contribution in [0.15, 0.2) is 48.8 Å². The molecule has 2 aromatic rings. The molecule has 0 unspecified atom stereocenters. The molecule has 96 valence electrons. The molecule has 0 aliphatic heterocycles. The van der Waals surface area contributed by atoms with Gasteiger partial charge in [-0.1, -0.05) is 24.4 Å². The lowest BCUT2D eigenvalue weighted by atomic mass is 10.1. The molecule has 2 N–H and O–H groups in total. The van der Waals surface area contributed by atoms with Crippen LogP contribution in [-0.2, 0) is 0 Å². The van der Waals surface area contributed by atoms with E-state index in [1.54, 1.807) is 54.7 Å². The van der Waals surface area contributed by atoms with E-state index >= 15 is 0 Å². The van der Waals surface area contributed by atoms with Gasteiger partial charge in [-0.2, -0.15) is 0 Å². The second-order valence-corrected chi connectivity index (χ2v) is 4.46. The molecule has 1 heterocycles. The first kappa shape index (κ1) is 13.2. The van der Waals surface area contributed by atoms with Crippen LogP contribution in [0.1, 0.15) is 15.9 Å². The molecule has 1 aromatic carbocycles. The van der Waals surface area contributed by atoms with Crippen LogP contribution in [0.2, 0.25) is 0 Å². The van der Waals surface area contributed by atoms with Gasteiger partial charge in [-0.15, -0.1) is 0 Å². The van der Waals surface area contributed by atoms with Gasteiger partial charge in [0, 0.05) is 24.4 Å². The Bertz CT molecular complexity index is 596. The minimum Gasteiger partial charge on any atom is -0.389 e. The second kappa shape index (κ2) is 5.58. The number of hydrogen-bond acceptors (Lipinski definition) is 3. The third-order valence-corrected chi connectivity index (χ3v) is 2.99. The quantitative estimate of drug-likeness (QED) is 0.867. The lowest BCUT2D eigenvalue weighted by molar-refractivity contribution is 0.0993. The van der Waals surface area contributed by atoms with Crippen molar-refractivity contribution in [2.24, 2.45) is 5.73 Å². The van der Waals surface area contributed by atoms with Gasteiger partial charge in [-0.3, -0.25) is 9.78 Å². The van der Waals surface area contributed by atoms with Crippen LogP contribution in [0.25, 0.3) is 0 Å². The van der Waals surface area contributed by atoms with Crippen LogP contribution in [0.3, 0.4) is 0 Å². The maximum Gasteiger partial charge on any atom is 0.258 e. The standard InChI is InChI=1S/C14H13N3OS/c1-17(12-3-2-8-16-9-12)14(18)11-6-4-10(5-7-11)13(15)19/h2-9H,1H3,(H2,15,19). The van der Waals surface area contributed by atoms with Crippen molar-refractivity contribution in [1.29, 1.82) is 0 Å². The lowest BCUT2D eigenvalue weighted by Gasteiger charge is -2.16. The normalized spacial score (nSPS) is 9.95. The maximum atomic E-state index is 12.3. The van der Waals surface area contributed by atoms with Gasteiger partial charge in [-0.05, 0) is 24.3 Å². The Balaban J connectivity index is 2.22. The van der Waals surface area contributed by atoms with Crippen molar-refractivity contribution in [1.82, 2.24) is 4.98 Å². The van der Waals surface area contributed by atoms with Gasteiger partial charge in [0.05, 0.1) is 11.9 Å². The third-order valence-electron chi connectivity index (χ3n) is 2.75. The molecule has 19 heavy (non-hydrogen) atoms. The molecule has 1 aromatic heterocycles. The van der Waals surface area contributed by atoms with Crippen molar-refractivity contribution in [3.05, 3.63) is 59.9 Å². The summed E-state index contributed by atoms with van der Waals surface area (Å²) < 4.78 is 0. The Morgan fingerprint density at radius 2 is 1.84 bits per heavy atom. The van der Waals surface area contributed by atoms with Crippen molar-refractivity contribution in [3.8, 4) is 0 Å². The van der Waals surface area contributed by atoms with E-state index in [-0.39, 0.29) is 5.91 Å². The number of aromatic nitrogens is 1. The summed E-state index contributed by atoms with van der Waals surface area (Å²) in [5.74, 6) is -0.109. The number of nitrogens with zero attached hydrogens (tertiary/aromatic N) is 2. The van der Waals surface area contributed by atoms with E-state index in [1.807, 2.05) is 6.07 Å². The molecule has 0 radical (unpaired) electrons. The zero-order chi connectivity index (χ0) is 13.8. The zero-order valence-electron chi connectivity index (χ0n) is 10.4. The summed E-state index contributed by atoms with van der Waals surface area (Å²) in [6.07, 6.45) is 3.31. The number of benzene rings is 1. The van der Waals surface area contributed by atoms with Crippen LogP contribution in [-0.4, -0.2) is 22.9 Å². The predicted molar refractivity (Wildman–Crippen MR) is 79.3 cm³/mol. The minimum atomic E-state index is -0.109. The molecule has 0 aliphatic carbocycles. The Morgan fingerprint density at radius 1 is 1.21 bits per heavy atom. The summed E-state index contributed by atoms with van der Waals surface area (Å²) in [4.78, 5) is 18.1. The fraction of sp³-hybridized carbons (Fsp3) is 0.0714. The van der Waals surface area contributed by atoms with Crippen molar-refractivity contribution < 1.29 is 4.79 Å². The molecule has 0 aliphatic rings. The lowest BCUT2D eigenvalue weighted by Crippen LogP contribution is -2.26. The molecular formula is C14H13N3OS. The number of carbonyl (C=O) groups excluding carboxylic acids is 1. The van der Waals surface area contributed by atoms with Gasteiger partial charge >= 0.3 is 0 Å². The van der Waals surface area contributed by atoms with E-state index in [2.05, 4.69) is 4.98 Å². The SMILES string of the molecule is CN(C(=O)c1ccc(C(N)=S)cc1)c1cccnc1. The predicted octanol–water partition coefficient (Wildman–Crippen LogP) is 1.99. The maximum absolute atomic E-state index is 12.3. The fourth-order valence-electron chi connectivity index (χ4n) is 1.64. The highest BCUT2D eigenvalue weighted by molar-refractivity contribution is 7.80. The number of amides is 1. The van der Waals surface area contributed by atoms with Crippen LogP contribution in [0, 0.1) is 0 Å². The highest BCUT2D eigenvalue weighted by Crippen LogP contribution is 2.14. The number of carbonyl (C=O) groups is 1. The number of thiocarbonyl (C=S) groups is 1. The molecule has 5 heteroatoms. The molecule has 4 nitrogen and oxygen atoms in total. The van der Waals surface area contributed by atoms with E-state index < -0.39 is 0 Å². The fourth-order valence-corrected chi connectivity index (χ4v) is 1.78. The topological polar surface area (TPSA) is 59.2 Å². The first-order chi connectivity index (χ1) is 9.09. The van der Waals surface area contributed by atoms with E-state index in [1.165, 1.54) is 0 Å². The minimum absolute atomic E-state index is 0.109. The molecule has 1 amide bonds. The molecule has 0 saturated heterocycles. The summed E-state index contributed by atoms with van der Waals surface area (Å²) in [6, 6.07) is 10.5. The van der Waals surface area contributed by atoms with Crippen molar-refractivity contribution in [3.63, 3.8) is 0 Å². The zero-order valence-corrected chi connectivity index (χ0v) is 11.2. The largest absolute Gasteiger partial charge is 0.389 e. The second-order valence-electron chi connectivity index (χ2n) is 4.02. The highest BCUT2D eigenvalue weighted by atomic mass is 32.1. The van der Waals surface area contributed by atoms with Gasteiger partial charge < -0.3 is 10.6 Å². The third kappa shape index (κ3) is 2.95. The number of anilines is 1. The van der Waals surface area contributed by atoms with Gasteiger partial charge in [0.15, 0.2) is 0 Å². The van der Waals surface area contributed by atoms with Crippen molar-refractivity contribution >= 4 is 28.8 Å². The Labute approximate surface area is 116 Å².